The van der Waals surface area contributed by atoms with Crippen LogP contribution in [0.1, 0.15) is 348 Å². The highest BCUT2D eigenvalue weighted by molar-refractivity contribution is 7.47. The van der Waals surface area contributed by atoms with Crippen molar-refractivity contribution in [1.82, 2.24) is 5.32 Å². The zero-order valence-corrected chi connectivity index (χ0v) is 52.4. The third-order valence-electron chi connectivity index (χ3n) is 16.8. The van der Waals surface area contributed by atoms with E-state index in [9.17, 15) is 44.9 Å². The molecule has 470 valence electrons. The molecule has 13 heteroatoms. The highest BCUT2D eigenvalue weighted by atomic mass is 31.2. The lowest BCUT2D eigenvalue weighted by Gasteiger charge is -2.41. The third-order valence-corrected chi connectivity index (χ3v) is 17.8. The van der Waals surface area contributed by atoms with Crippen molar-refractivity contribution in [2.24, 2.45) is 0 Å². The fourth-order valence-corrected chi connectivity index (χ4v) is 12.3. The van der Waals surface area contributed by atoms with Gasteiger partial charge in [-0.25, -0.2) is 4.57 Å². The zero-order chi connectivity index (χ0) is 57.7. The molecule has 1 fully saturated rings. The van der Waals surface area contributed by atoms with E-state index in [-0.39, 0.29) is 12.3 Å². The Kier molecular flexibility index (Phi) is 53.0. The van der Waals surface area contributed by atoms with Gasteiger partial charge in [-0.1, -0.05) is 334 Å². The van der Waals surface area contributed by atoms with Gasteiger partial charge in [-0.15, -0.1) is 0 Å². The van der Waals surface area contributed by atoms with E-state index in [2.05, 4.69) is 19.2 Å². The van der Waals surface area contributed by atoms with Crippen LogP contribution in [0, 0.1) is 0 Å². The molecule has 0 aromatic heterocycles. The summed E-state index contributed by atoms with van der Waals surface area (Å²) in [5, 5.41) is 64.5. The molecule has 0 aromatic carbocycles. The standard InChI is InChI=1S/C66H130NO11P/c1-3-5-7-9-11-13-15-17-19-21-22-23-24-25-26-27-28-29-30-31-32-33-34-35-36-37-38-40-42-44-46-48-50-52-54-56-60(69)67-58(57-77-79(75,76)78-66-64(73)62(71)61(70)63(72)65(66)74)59(68)55-53-51-49-47-45-43-41-39-20-18-16-14-12-10-8-6-4-2/h53,55,58-59,61-66,68,70-74H,3-52,54,56-57H2,1-2H3,(H,67,69)(H,75,76)/b55-53+/t58-,59+,61?,62+,63?,64?,65?,66?/m0/s1. The number of unbranched alkanes of at least 4 members (excludes halogenated alkanes) is 49. The Morgan fingerprint density at radius 1 is 0.418 bits per heavy atom. The summed E-state index contributed by atoms with van der Waals surface area (Å²) in [5.41, 5.74) is 0. The van der Waals surface area contributed by atoms with Crippen molar-refractivity contribution in [3.63, 3.8) is 0 Å². The number of nitrogens with one attached hydrogen (secondary N) is 1. The van der Waals surface area contributed by atoms with Crippen molar-refractivity contribution < 1.29 is 53.9 Å². The number of carbonyl (C=O) groups excluding carboxylic acids is 1. The molecule has 0 heterocycles. The lowest BCUT2D eigenvalue weighted by Crippen LogP contribution is -2.64. The first kappa shape index (κ1) is 76.1. The second-order valence-electron chi connectivity index (χ2n) is 24.4. The van der Waals surface area contributed by atoms with Crippen molar-refractivity contribution in [1.29, 1.82) is 0 Å². The van der Waals surface area contributed by atoms with Gasteiger partial charge in [0.25, 0.3) is 0 Å². The molecular weight excluding hydrogens is 1010 g/mol. The Morgan fingerprint density at radius 3 is 0.962 bits per heavy atom. The van der Waals surface area contributed by atoms with Gasteiger partial charge in [-0.2, -0.15) is 0 Å². The summed E-state index contributed by atoms with van der Waals surface area (Å²) in [6.45, 7) is 3.91. The van der Waals surface area contributed by atoms with Crippen LogP contribution in [0.2, 0.25) is 0 Å². The van der Waals surface area contributed by atoms with Crippen LogP contribution < -0.4 is 5.32 Å². The molecule has 1 amide bonds. The summed E-state index contributed by atoms with van der Waals surface area (Å²) in [6.07, 6.45) is 57.6. The molecule has 0 bridgehead atoms. The number of carbonyl (C=O) groups is 1. The maximum atomic E-state index is 13.1. The molecule has 0 spiro atoms. The van der Waals surface area contributed by atoms with Gasteiger partial charge >= 0.3 is 7.82 Å². The van der Waals surface area contributed by atoms with E-state index < -0.39 is 63.2 Å². The van der Waals surface area contributed by atoms with E-state index in [1.807, 2.05) is 6.08 Å². The lowest BCUT2D eigenvalue weighted by molar-refractivity contribution is -0.220. The molecule has 79 heavy (non-hydrogen) atoms. The lowest BCUT2D eigenvalue weighted by atomic mass is 9.85. The largest absolute Gasteiger partial charge is 0.472 e. The Morgan fingerprint density at radius 2 is 0.671 bits per heavy atom. The number of aliphatic hydroxyl groups is 6. The average Bonchev–Trinajstić information content (AvgIpc) is 3.45. The Labute approximate surface area is 486 Å². The number of aliphatic hydroxyl groups excluding tert-OH is 6. The van der Waals surface area contributed by atoms with Gasteiger partial charge in [-0.3, -0.25) is 13.8 Å². The van der Waals surface area contributed by atoms with Crippen LogP contribution in [-0.2, 0) is 18.4 Å². The molecule has 12 nitrogen and oxygen atoms in total. The first-order chi connectivity index (χ1) is 38.4. The van der Waals surface area contributed by atoms with Crippen molar-refractivity contribution in [3.8, 4) is 0 Å². The number of hydrogen-bond acceptors (Lipinski definition) is 10. The Hall–Kier alpha value is -0.920. The molecule has 1 aliphatic rings. The molecule has 6 unspecified atom stereocenters. The summed E-state index contributed by atoms with van der Waals surface area (Å²) >= 11 is 0. The number of phosphoric acid groups is 1. The number of rotatable bonds is 60. The minimum atomic E-state index is -5.09. The predicted molar refractivity (Wildman–Crippen MR) is 329 cm³/mol. The van der Waals surface area contributed by atoms with Crippen molar-refractivity contribution in [2.45, 2.75) is 396 Å². The Bertz CT molecular complexity index is 1380. The first-order valence-electron chi connectivity index (χ1n) is 34.1. The molecule has 0 aromatic rings. The van der Waals surface area contributed by atoms with Gasteiger partial charge in [0.1, 0.15) is 36.6 Å². The van der Waals surface area contributed by atoms with Gasteiger partial charge in [0.05, 0.1) is 18.8 Å². The molecular formula is C66H130NO11P. The first-order valence-corrected chi connectivity index (χ1v) is 35.6. The molecule has 0 aliphatic heterocycles. The van der Waals surface area contributed by atoms with Crippen LogP contribution in [0.3, 0.4) is 0 Å². The number of amides is 1. The fraction of sp³-hybridized carbons (Fsp3) is 0.955. The van der Waals surface area contributed by atoms with Gasteiger partial charge in [0.15, 0.2) is 0 Å². The highest BCUT2D eigenvalue weighted by Crippen LogP contribution is 2.47. The average molecular weight is 1140 g/mol. The van der Waals surface area contributed by atoms with E-state index in [1.165, 1.54) is 276 Å². The number of allylic oxidation sites excluding steroid dienone is 1. The van der Waals surface area contributed by atoms with Gasteiger partial charge < -0.3 is 40.8 Å². The topological polar surface area (TPSA) is 206 Å². The number of phosphoric ester groups is 1. The van der Waals surface area contributed by atoms with E-state index in [0.717, 1.165) is 44.9 Å². The summed E-state index contributed by atoms with van der Waals surface area (Å²) in [5.74, 6) is -0.332. The van der Waals surface area contributed by atoms with E-state index in [4.69, 9.17) is 9.05 Å². The molecule has 8 N–H and O–H groups in total. The van der Waals surface area contributed by atoms with Crippen molar-refractivity contribution in [3.05, 3.63) is 12.2 Å². The molecule has 1 rings (SSSR count). The quantitative estimate of drug-likeness (QED) is 0.0163. The predicted octanol–water partition coefficient (Wildman–Crippen LogP) is 17.0. The zero-order valence-electron chi connectivity index (χ0n) is 51.5. The number of hydrogen-bond donors (Lipinski definition) is 8. The SMILES string of the molecule is CCCCCCCCCCCCCCCCC/C=C/[C@@H](O)[C@H](COP(=O)(O)OC1C(O)C(O)C(O)[C@@H](O)C1O)NC(=O)CCCCCCCCCCCCCCCCCCCCCCCCCCCCCCCCCCCCC. The molecule has 0 saturated heterocycles. The van der Waals surface area contributed by atoms with Crippen LogP contribution in [0.25, 0.3) is 0 Å². The maximum absolute atomic E-state index is 13.1. The van der Waals surface area contributed by atoms with Crippen LogP contribution in [-0.4, -0.2) is 96.8 Å². The van der Waals surface area contributed by atoms with E-state index in [0.29, 0.717) is 6.42 Å². The molecule has 9 atom stereocenters. The maximum Gasteiger partial charge on any atom is 0.472 e. The van der Waals surface area contributed by atoms with Gasteiger partial charge in [0, 0.05) is 6.42 Å². The highest BCUT2D eigenvalue weighted by Gasteiger charge is 2.51. The molecule has 0 radical (unpaired) electrons. The second-order valence-corrected chi connectivity index (χ2v) is 25.8. The van der Waals surface area contributed by atoms with Crippen LogP contribution in [0.5, 0.6) is 0 Å². The summed E-state index contributed by atoms with van der Waals surface area (Å²) in [4.78, 5) is 23.6. The Balaban J connectivity index is 2.17. The van der Waals surface area contributed by atoms with Gasteiger partial charge in [-0.05, 0) is 19.3 Å². The van der Waals surface area contributed by atoms with E-state index in [1.54, 1.807) is 6.08 Å². The smallest absolute Gasteiger partial charge is 0.387 e. The van der Waals surface area contributed by atoms with Crippen molar-refractivity contribution in [2.75, 3.05) is 6.61 Å². The van der Waals surface area contributed by atoms with E-state index >= 15 is 0 Å². The minimum absolute atomic E-state index is 0.220. The minimum Gasteiger partial charge on any atom is -0.387 e. The normalized spacial score (nSPS) is 20.3. The van der Waals surface area contributed by atoms with Crippen LogP contribution in [0.15, 0.2) is 12.2 Å². The van der Waals surface area contributed by atoms with Gasteiger partial charge in [0.2, 0.25) is 5.91 Å². The molecule has 1 saturated carbocycles. The van der Waals surface area contributed by atoms with Crippen molar-refractivity contribution >= 4 is 13.7 Å². The monoisotopic (exact) mass is 1140 g/mol. The fourth-order valence-electron chi connectivity index (χ4n) is 11.4. The molecule has 1 aliphatic carbocycles. The van der Waals surface area contributed by atoms with Crippen LogP contribution in [0.4, 0.5) is 0 Å². The second kappa shape index (κ2) is 55.0. The van der Waals surface area contributed by atoms with Crippen LogP contribution >= 0.6 is 7.82 Å². The third kappa shape index (κ3) is 45.2. The summed E-state index contributed by atoms with van der Waals surface area (Å²) in [7, 11) is -5.09. The summed E-state index contributed by atoms with van der Waals surface area (Å²) in [6, 6.07) is -1.11. The summed E-state index contributed by atoms with van der Waals surface area (Å²) < 4.78 is 23.1.